The van der Waals surface area contributed by atoms with E-state index < -0.39 is 5.82 Å². The van der Waals surface area contributed by atoms with Gasteiger partial charge in [0.15, 0.2) is 0 Å². The third kappa shape index (κ3) is 2.24. The quantitative estimate of drug-likeness (QED) is 0.713. The van der Waals surface area contributed by atoms with Crippen LogP contribution < -0.4 is 0 Å². The number of nitriles is 1. The van der Waals surface area contributed by atoms with Crippen LogP contribution in [0.25, 0.3) is 16.9 Å². The molecule has 5 nitrogen and oxygen atoms in total. The molecule has 0 bridgehead atoms. The van der Waals surface area contributed by atoms with Gasteiger partial charge in [0.05, 0.1) is 30.0 Å². The third-order valence-corrected chi connectivity index (χ3v) is 2.70. The largest absolute Gasteiger partial charge is 0.259 e. The number of aromatic nitrogens is 4. The monoisotopic (exact) mass is 265 g/mol. The number of hydrogen-bond acceptors (Lipinski definition) is 4. The summed E-state index contributed by atoms with van der Waals surface area (Å²) in [6, 6.07) is 8.49. The van der Waals surface area contributed by atoms with Crippen molar-refractivity contribution in [2.24, 2.45) is 0 Å². The van der Waals surface area contributed by atoms with E-state index in [-0.39, 0.29) is 0 Å². The van der Waals surface area contributed by atoms with Crippen LogP contribution in [-0.2, 0) is 0 Å². The van der Waals surface area contributed by atoms with Crippen molar-refractivity contribution in [2.75, 3.05) is 0 Å². The molecule has 0 unspecified atom stereocenters. The van der Waals surface area contributed by atoms with Crippen LogP contribution in [0.1, 0.15) is 5.69 Å². The Labute approximate surface area is 114 Å². The first-order valence-electron chi connectivity index (χ1n) is 5.79. The fraction of sp³-hybridized carbons (Fsp3) is 0. The molecule has 0 aliphatic carbocycles. The van der Waals surface area contributed by atoms with Gasteiger partial charge in [-0.1, -0.05) is 6.07 Å². The molecule has 0 amide bonds. The van der Waals surface area contributed by atoms with Crippen LogP contribution >= 0.6 is 0 Å². The van der Waals surface area contributed by atoms with Crippen LogP contribution in [0.5, 0.6) is 0 Å². The topological polar surface area (TPSA) is 67.4 Å². The first-order valence-corrected chi connectivity index (χ1v) is 5.79. The van der Waals surface area contributed by atoms with Crippen molar-refractivity contribution in [3.63, 3.8) is 0 Å². The van der Waals surface area contributed by atoms with Crippen molar-refractivity contribution in [3.8, 4) is 23.0 Å². The molecule has 3 heterocycles. The predicted octanol–water partition coefficient (Wildman–Crippen LogP) is 2.34. The summed E-state index contributed by atoms with van der Waals surface area (Å²) < 4.78 is 14.6. The lowest BCUT2D eigenvalue weighted by Crippen LogP contribution is -1.95. The van der Waals surface area contributed by atoms with Crippen molar-refractivity contribution in [3.05, 3.63) is 60.6 Å². The average Bonchev–Trinajstić information content (AvgIpc) is 2.97. The second kappa shape index (κ2) is 4.90. The standard InChI is InChI=1S/C14H8FN5/c15-11-4-13(8-17-7-11)20-9-10(6-18-20)14-3-1-2-12(5-16)19-14/h1-4,6-9H. The number of nitrogens with zero attached hydrogens (tertiary/aromatic N) is 5. The van der Waals surface area contributed by atoms with E-state index in [1.54, 1.807) is 30.6 Å². The van der Waals surface area contributed by atoms with Crippen LogP contribution in [0.15, 0.2) is 49.1 Å². The lowest BCUT2D eigenvalue weighted by atomic mass is 10.2. The summed E-state index contributed by atoms with van der Waals surface area (Å²) in [6.07, 6.45) is 5.96. The second-order valence-corrected chi connectivity index (χ2v) is 4.05. The van der Waals surface area contributed by atoms with Crippen LogP contribution in [0.4, 0.5) is 4.39 Å². The van der Waals surface area contributed by atoms with Crippen LogP contribution in [0.2, 0.25) is 0 Å². The molecule has 20 heavy (non-hydrogen) atoms. The Kier molecular flexibility index (Phi) is 2.94. The van der Waals surface area contributed by atoms with Crippen molar-refractivity contribution >= 4 is 0 Å². The maximum atomic E-state index is 13.1. The lowest BCUT2D eigenvalue weighted by Gasteiger charge is -1.99. The molecular weight excluding hydrogens is 257 g/mol. The normalized spacial score (nSPS) is 10.2. The molecule has 3 aromatic heterocycles. The van der Waals surface area contributed by atoms with Gasteiger partial charge in [-0.15, -0.1) is 0 Å². The fourth-order valence-corrected chi connectivity index (χ4v) is 1.78. The molecule has 0 aliphatic heterocycles. The molecule has 0 aliphatic rings. The van der Waals surface area contributed by atoms with Crippen LogP contribution in [-0.4, -0.2) is 19.7 Å². The molecule has 0 fully saturated rings. The summed E-state index contributed by atoms with van der Waals surface area (Å²) in [6.45, 7) is 0. The minimum absolute atomic E-state index is 0.336. The average molecular weight is 265 g/mol. The minimum Gasteiger partial charge on any atom is -0.259 e. The second-order valence-electron chi connectivity index (χ2n) is 4.05. The Hall–Kier alpha value is -3.07. The summed E-state index contributed by atoms with van der Waals surface area (Å²) in [5.41, 5.74) is 2.24. The number of halogens is 1. The van der Waals surface area contributed by atoms with E-state index in [4.69, 9.17) is 5.26 Å². The Morgan fingerprint density at radius 2 is 2.10 bits per heavy atom. The Morgan fingerprint density at radius 1 is 1.20 bits per heavy atom. The highest BCUT2D eigenvalue weighted by atomic mass is 19.1. The van der Waals surface area contributed by atoms with Gasteiger partial charge in [0, 0.05) is 17.8 Å². The molecule has 6 heteroatoms. The minimum atomic E-state index is -0.427. The zero-order valence-electron chi connectivity index (χ0n) is 10.2. The molecule has 0 radical (unpaired) electrons. The third-order valence-electron chi connectivity index (χ3n) is 2.70. The first kappa shape index (κ1) is 12.0. The summed E-state index contributed by atoms with van der Waals surface area (Å²) in [7, 11) is 0. The van der Waals surface area contributed by atoms with Crippen LogP contribution in [0, 0.1) is 17.1 Å². The number of pyridine rings is 2. The SMILES string of the molecule is N#Cc1cccc(-c2cnn(-c3cncc(F)c3)c2)n1. The molecule has 0 atom stereocenters. The van der Waals surface area contributed by atoms with Crippen molar-refractivity contribution < 1.29 is 4.39 Å². The van der Waals surface area contributed by atoms with Crippen molar-refractivity contribution in [2.45, 2.75) is 0 Å². The lowest BCUT2D eigenvalue weighted by molar-refractivity contribution is 0.618. The number of hydrogen-bond donors (Lipinski definition) is 0. The predicted molar refractivity (Wildman–Crippen MR) is 69.3 cm³/mol. The van der Waals surface area contributed by atoms with E-state index in [2.05, 4.69) is 15.1 Å². The van der Waals surface area contributed by atoms with Gasteiger partial charge < -0.3 is 0 Å². The Morgan fingerprint density at radius 3 is 2.90 bits per heavy atom. The van der Waals surface area contributed by atoms with Gasteiger partial charge >= 0.3 is 0 Å². The molecule has 3 rings (SSSR count). The molecule has 0 spiro atoms. The highest BCUT2D eigenvalue weighted by molar-refractivity contribution is 5.58. The van der Waals surface area contributed by atoms with Gasteiger partial charge in [-0.25, -0.2) is 14.1 Å². The van der Waals surface area contributed by atoms with Crippen LogP contribution in [0.3, 0.4) is 0 Å². The van der Waals surface area contributed by atoms with Gasteiger partial charge in [-0.2, -0.15) is 10.4 Å². The molecule has 0 saturated heterocycles. The molecular formula is C14H8FN5. The van der Waals surface area contributed by atoms with Crippen molar-refractivity contribution in [1.82, 2.24) is 19.7 Å². The van der Waals surface area contributed by atoms with Gasteiger partial charge in [0.1, 0.15) is 17.6 Å². The summed E-state index contributed by atoms with van der Waals surface area (Å²) >= 11 is 0. The zero-order chi connectivity index (χ0) is 13.9. The van der Waals surface area contributed by atoms with E-state index in [1.165, 1.54) is 16.9 Å². The highest BCUT2D eigenvalue weighted by Crippen LogP contribution is 2.18. The molecule has 3 aromatic rings. The van der Waals surface area contributed by atoms with Gasteiger partial charge in [0.2, 0.25) is 0 Å². The molecule has 0 aromatic carbocycles. The Balaban J connectivity index is 2.00. The number of rotatable bonds is 2. The smallest absolute Gasteiger partial charge is 0.143 e. The highest BCUT2D eigenvalue weighted by Gasteiger charge is 2.06. The fourth-order valence-electron chi connectivity index (χ4n) is 1.78. The maximum Gasteiger partial charge on any atom is 0.143 e. The van der Waals surface area contributed by atoms with E-state index in [0.717, 1.165) is 11.8 Å². The van der Waals surface area contributed by atoms with E-state index in [1.807, 2.05) is 6.07 Å². The first-order chi connectivity index (χ1) is 9.76. The van der Waals surface area contributed by atoms with E-state index in [0.29, 0.717) is 17.1 Å². The molecule has 0 saturated carbocycles. The Bertz CT molecular complexity index is 803. The summed E-state index contributed by atoms with van der Waals surface area (Å²) in [5.74, 6) is -0.427. The summed E-state index contributed by atoms with van der Waals surface area (Å²) in [5, 5.41) is 13.0. The van der Waals surface area contributed by atoms with Gasteiger partial charge in [0.25, 0.3) is 0 Å². The molecule has 0 N–H and O–H groups in total. The van der Waals surface area contributed by atoms with Gasteiger partial charge in [-0.05, 0) is 12.1 Å². The van der Waals surface area contributed by atoms with E-state index in [9.17, 15) is 4.39 Å². The zero-order valence-corrected chi connectivity index (χ0v) is 10.2. The van der Waals surface area contributed by atoms with Gasteiger partial charge in [-0.3, -0.25) is 4.98 Å². The molecule has 96 valence electrons. The van der Waals surface area contributed by atoms with E-state index >= 15 is 0 Å². The van der Waals surface area contributed by atoms with Crippen molar-refractivity contribution in [1.29, 1.82) is 5.26 Å². The summed E-state index contributed by atoms with van der Waals surface area (Å²) in [4.78, 5) is 7.96. The maximum absolute atomic E-state index is 13.1.